The van der Waals surface area contributed by atoms with E-state index in [1.165, 1.54) is 0 Å². The first-order valence-corrected chi connectivity index (χ1v) is 10.9. The molecule has 0 aliphatic carbocycles. The SMILES string of the molecule is CO[C@@H]1/C=C/[C@](C)(O)[C@H](SC[C@H](N)C(=O)O)CC(=O)O[C@H](C)[C@H](C)CC/C=C\1C. The zero-order chi connectivity index (χ0) is 22.2. The Balaban J connectivity index is 3.17. The maximum Gasteiger partial charge on any atom is 0.321 e. The second-order valence-corrected chi connectivity index (χ2v) is 9.15. The quantitative estimate of drug-likeness (QED) is 0.451. The van der Waals surface area contributed by atoms with Gasteiger partial charge in [0.1, 0.15) is 12.1 Å². The first-order chi connectivity index (χ1) is 13.5. The van der Waals surface area contributed by atoms with Gasteiger partial charge in [0.15, 0.2) is 0 Å². The van der Waals surface area contributed by atoms with Crippen LogP contribution in [-0.2, 0) is 19.1 Å². The van der Waals surface area contributed by atoms with E-state index in [9.17, 15) is 14.7 Å². The summed E-state index contributed by atoms with van der Waals surface area (Å²) < 4.78 is 11.1. The Morgan fingerprint density at radius 1 is 1.48 bits per heavy atom. The number of allylic oxidation sites excluding steroid dienone is 1. The summed E-state index contributed by atoms with van der Waals surface area (Å²) in [6, 6.07) is -1.08. The van der Waals surface area contributed by atoms with Crippen LogP contribution in [0, 0.1) is 5.92 Å². The van der Waals surface area contributed by atoms with Crippen molar-refractivity contribution in [1.29, 1.82) is 0 Å². The third-order valence-electron chi connectivity index (χ3n) is 5.32. The van der Waals surface area contributed by atoms with Crippen molar-refractivity contribution in [2.24, 2.45) is 11.7 Å². The summed E-state index contributed by atoms with van der Waals surface area (Å²) in [7, 11) is 1.60. The summed E-state index contributed by atoms with van der Waals surface area (Å²) in [5, 5.41) is 19.5. The van der Waals surface area contributed by atoms with E-state index in [-0.39, 0.29) is 30.3 Å². The number of aliphatic carboxylic acids is 1. The lowest BCUT2D eigenvalue weighted by Crippen LogP contribution is -2.40. The molecule has 1 aliphatic rings. The summed E-state index contributed by atoms with van der Waals surface area (Å²) in [4.78, 5) is 23.5. The van der Waals surface area contributed by atoms with Crippen LogP contribution >= 0.6 is 11.8 Å². The molecule has 166 valence electrons. The van der Waals surface area contributed by atoms with Gasteiger partial charge in [0.25, 0.3) is 0 Å². The van der Waals surface area contributed by atoms with Gasteiger partial charge in [-0.15, -0.1) is 0 Å². The van der Waals surface area contributed by atoms with Crippen molar-refractivity contribution >= 4 is 23.7 Å². The molecule has 1 heterocycles. The molecule has 0 amide bonds. The van der Waals surface area contributed by atoms with Crippen LogP contribution in [0.25, 0.3) is 0 Å². The van der Waals surface area contributed by atoms with E-state index in [0.717, 1.165) is 30.2 Å². The van der Waals surface area contributed by atoms with Crippen molar-refractivity contribution in [3.05, 3.63) is 23.8 Å². The molecule has 4 N–H and O–H groups in total. The van der Waals surface area contributed by atoms with Gasteiger partial charge < -0.3 is 25.4 Å². The molecule has 0 saturated carbocycles. The number of esters is 1. The second-order valence-electron chi connectivity index (χ2n) is 7.91. The molecule has 7 nitrogen and oxygen atoms in total. The van der Waals surface area contributed by atoms with E-state index in [0.29, 0.717) is 0 Å². The smallest absolute Gasteiger partial charge is 0.321 e. The monoisotopic (exact) mass is 429 g/mol. The molecule has 8 heteroatoms. The largest absolute Gasteiger partial charge is 0.480 e. The van der Waals surface area contributed by atoms with Crippen molar-refractivity contribution in [2.75, 3.05) is 12.9 Å². The van der Waals surface area contributed by atoms with Gasteiger partial charge in [-0.2, -0.15) is 11.8 Å². The van der Waals surface area contributed by atoms with Gasteiger partial charge in [-0.25, -0.2) is 0 Å². The molecule has 29 heavy (non-hydrogen) atoms. The molecule has 0 aromatic heterocycles. The summed E-state index contributed by atoms with van der Waals surface area (Å²) in [6.07, 6.45) is 6.56. The van der Waals surface area contributed by atoms with E-state index < -0.39 is 28.8 Å². The van der Waals surface area contributed by atoms with Crippen molar-refractivity contribution < 1.29 is 29.3 Å². The van der Waals surface area contributed by atoms with E-state index in [1.807, 2.05) is 20.8 Å². The Labute approximate surface area is 177 Å². The maximum atomic E-state index is 12.5. The fourth-order valence-corrected chi connectivity index (χ4v) is 4.23. The number of nitrogens with two attached hydrogens (primary N) is 1. The van der Waals surface area contributed by atoms with Crippen LogP contribution in [0.3, 0.4) is 0 Å². The molecule has 0 radical (unpaired) electrons. The van der Waals surface area contributed by atoms with Crippen LogP contribution in [-0.4, -0.2) is 64.1 Å². The van der Waals surface area contributed by atoms with Crippen molar-refractivity contribution in [3.63, 3.8) is 0 Å². The van der Waals surface area contributed by atoms with Gasteiger partial charge in [-0.05, 0) is 45.1 Å². The molecular weight excluding hydrogens is 394 g/mol. The van der Waals surface area contributed by atoms with Crippen molar-refractivity contribution in [1.82, 2.24) is 0 Å². The highest BCUT2D eigenvalue weighted by Crippen LogP contribution is 2.30. The highest BCUT2D eigenvalue weighted by atomic mass is 32.2. The third kappa shape index (κ3) is 8.50. The van der Waals surface area contributed by atoms with Gasteiger partial charge in [0, 0.05) is 18.1 Å². The molecule has 6 atom stereocenters. The van der Waals surface area contributed by atoms with E-state index in [2.05, 4.69) is 6.08 Å². The highest BCUT2D eigenvalue weighted by molar-refractivity contribution is 8.00. The molecular formula is C21H35NO6S. The molecule has 0 aromatic rings. The van der Waals surface area contributed by atoms with Crippen LogP contribution < -0.4 is 5.73 Å². The number of carbonyl (C=O) groups excluding carboxylic acids is 1. The average Bonchev–Trinajstić information content (AvgIpc) is 2.63. The van der Waals surface area contributed by atoms with Crippen LogP contribution in [0.5, 0.6) is 0 Å². The minimum atomic E-state index is -1.39. The number of thioether (sulfide) groups is 1. The molecule has 0 unspecified atom stereocenters. The van der Waals surface area contributed by atoms with Crippen LogP contribution in [0.2, 0.25) is 0 Å². The Morgan fingerprint density at radius 3 is 2.72 bits per heavy atom. The van der Waals surface area contributed by atoms with Crippen LogP contribution in [0.1, 0.15) is 47.0 Å². The molecule has 0 bridgehead atoms. The van der Waals surface area contributed by atoms with Crippen molar-refractivity contribution in [3.8, 4) is 0 Å². The topological polar surface area (TPSA) is 119 Å². The number of hydrogen-bond acceptors (Lipinski definition) is 7. The maximum absolute atomic E-state index is 12.5. The highest BCUT2D eigenvalue weighted by Gasteiger charge is 2.34. The zero-order valence-corrected chi connectivity index (χ0v) is 18.8. The first-order valence-electron chi connectivity index (χ1n) is 9.88. The first kappa shape index (κ1) is 25.7. The summed E-state index contributed by atoms with van der Waals surface area (Å²) >= 11 is 1.15. The summed E-state index contributed by atoms with van der Waals surface area (Å²) in [5.74, 6) is -1.31. The number of carbonyl (C=O) groups is 2. The zero-order valence-electron chi connectivity index (χ0n) is 18.0. The Kier molecular flexibility index (Phi) is 10.4. The summed E-state index contributed by atoms with van der Waals surface area (Å²) in [6.45, 7) is 7.47. The van der Waals surface area contributed by atoms with Gasteiger partial charge in [-0.1, -0.05) is 25.2 Å². The normalized spacial score (nSPS) is 36.2. The number of carboxylic acids is 1. The molecule has 0 spiro atoms. The number of carboxylic acid groups (broad SMARTS) is 1. The number of hydrogen-bond donors (Lipinski definition) is 3. The Bertz CT molecular complexity index is 618. The Hall–Kier alpha value is -1.35. The minimum absolute atomic E-state index is 0.0577. The lowest BCUT2D eigenvalue weighted by Gasteiger charge is -2.31. The fourth-order valence-electron chi connectivity index (χ4n) is 2.98. The predicted octanol–water partition coefficient (Wildman–Crippen LogP) is 2.52. The number of aliphatic hydroxyl groups is 1. The Morgan fingerprint density at radius 2 is 2.14 bits per heavy atom. The predicted molar refractivity (Wildman–Crippen MR) is 115 cm³/mol. The van der Waals surface area contributed by atoms with Crippen LogP contribution in [0.4, 0.5) is 0 Å². The standard InChI is InChI=1S/C21H35NO6S/c1-13-7-6-8-14(2)17(27-5)9-10-21(4,26)18(11-19(23)28-15(13)3)29-12-16(22)20(24)25/h8-10,13,15-18,26H,6-7,11-12,22H2,1-5H3,(H,24,25)/b10-9+,14-8-/t13-,15-,16+,17-,18-,21+/m1/s1. The molecule has 1 aliphatic heterocycles. The molecule has 1 rings (SSSR count). The number of rotatable bonds is 5. The van der Waals surface area contributed by atoms with Gasteiger partial charge in [0.05, 0.1) is 18.1 Å². The van der Waals surface area contributed by atoms with E-state index in [1.54, 1.807) is 26.2 Å². The molecule has 0 aromatic carbocycles. The average molecular weight is 430 g/mol. The van der Waals surface area contributed by atoms with E-state index in [4.69, 9.17) is 20.3 Å². The summed E-state index contributed by atoms with van der Waals surface area (Å²) in [5.41, 5.74) is 5.25. The minimum Gasteiger partial charge on any atom is -0.480 e. The lowest BCUT2D eigenvalue weighted by molar-refractivity contribution is -0.151. The van der Waals surface area contributed by atoms with Gasteiger partial charge >= 0.3 is 11.9 Å². The lowest BCUT2D eigenvalue weighted by atomic mass is 9.95. The third-order valence-corrected chi connectivity index (χ3v) is 6.91. The number of ether oxygens (including phenoxy) is 2. The van der Waals surface area contributed by atoms with Gasteiger partial charge in [-0.3, -0.25) is 9.59 Å². The van der Waals surface area contributed by atoms with E-state index >= 15 is 0 Å². The molecule has 0 saturated heterocycles. The van der Waals surface area contributed by atoms with Crippen molar-refractivity contribution in [2.45, 2.75) is 76.1 Å². The fraction of sp³-hybridized carbons (Fsp3) is 0.714. The molecule has 0 fully saturated rings. The van der Waals surface area contributed by atoms with Gasteiger partial charge in [0.2, 0.25) is 0 Å². The van der Waals surface area contributed by atoms with Crippen LogP contribution in [0.15, 0.2) is 23.8 Å². The second kappa shape index (κ2) is 11.7. The number of methoxy groups -OCH3 is 1. The number of cyclic esters (lactones) is 1.